The third kappa shape index (κ3) is 4.51. The van der Waals surface area contributed by atoms with E-state index in [0.29, 0.717) is 0 Å². The quantitative estimate of drug-likeness (QED) is 0.395. The second-order valence-electron chi connectivity index (χ2n) is 7.00. The zero-order valence-corrected chi connectivity index (χ0v) is 19.9. The number of carbonyl (C=O) groups is 1. The molecule has 30 heavy (non-hydrogen) atoms. The topological polar surface area (TPSA) is 110 Å². The average Bonchev–Trinajstić information content (AvgIpc) is 3.34. The van der Waals surface area contributed by atoms with Crippen molar-refractivity contribution in [2.24, 2.45) is 0 Å². The predicted octanol–water partition coefficient (Wildman–Crippen LogP) is -1.41. The second-order valence-corrected chi connectivity index (χ2v) is 9.20. The van der Waals surface area contributed by atoms with Crippen LogP contribution in [-0.4, -0.2) is 39.1 Å². The van der Waals surface area contributed by atoms with Gasteiger partial charge in [0.15, 0.2) is 0 Å². The van der Waals surface area contributed by atoms with Crippen LogP contribution in [0.25, 0.3) is 10.1 Å². The molecule has 9 heteroatoms. The van der Waals surface area contributed by atoms with Crippen LogP contribution in [0.5, 0.6) is 0 Å². The van der Waals surface area contributed by atoms with Crippen LogP contribution in [0.1, 0.15) is 16.2 Å². The SMILES string of the molecule is O=C([O-])[C@@]1(O)C[C@@H](O)[C@H](O)C(OCc2cccs2)=C1Cc1cc2ccccc2s1.[Na+]. The van der Waals surface area contributed by atoms with Gasteiger partial charge in [0.05, 0.1) is 12.1 Å². The molecule has 3 N–H and O–H groups in total. The maximum atomic E-state index is 11.8. The molecule has 0 spiro atoms. The van der Waals surface area contributed by atoms with E-state index in [-0.39, 0.29) is 53.9 Å². The molecule has 0 aliphatic heterocycles. The Hall–Kier alpha value is -1.23. The minimum absolute atomic E-state index is 0. The molecule has 6 nitrogen and oxygen atoms in total. The van der Waals surface area contributed by atoms with Gasteiger partial charge in [-0.05, 0) is 29.0 Å². The summed E-state index contributed by atoms with van der Waals surface area (Å²) in [4.78, 5) is 13.5. The summed E-state index contributed by atoms with van der Waals surface area (Å²) in [5.41, 5.74) is -2.42. The first-order chi connectivity index (χ1) is 13.9. The molecule has 0 bridgehead atoms. The van der Waals surface area contributed by atoms with Crippen LogP contribution in [0.4, 0.5) is 0 Å². The number of benzene rings is 1. The molecule has 1 aliphatic rings. The number of thiophene rings is 2. The van der Waals surface area contributed by atoms with E-state index in [0.717, 1.165) is 19.8 Å². The number of aliphatic hydroxyl groups is 3. The van der Waals surface area contributed by atoms with Gasteiger partial charge in [-0.15, -0.1) is 22.7 Å². The van der Waals surface area contributed by atoms with Crippen LogP contribution in [0.3, 0.4) is 0 Å². The van der Waals surface area contributed by atoms with Crippen molar-refractivity contribution in [3.63, 3.8) is 0 Å². The number of hydrogen-bond donors (Lipinski definition) is 3. The third-order valence-corrected chi connectivity index (χ3v) is 7.02. The van der Waals surface area contributed by atoms with E-state index in [4.69, 9.17) is 4.74 Å². The van der Waals surface area contributed by atoms with Crippen molar-refractivity contribution >= 4 is 38.7 Å². The largest absolute Gasteiger partial charge is 1.00 e. The van der Waals surface area contributed by atoms with E-state index in [2.05, 4.69) is 0 Å². The monoisotopic (exact) mass is 454 g/mol. The van der Waals surface area contributed by atoms with E-state index in [1.165, 1.54) is 22.7 Å². The Morgan fingerprint density at radius 2 is 1.97 bits per heavy atom. The summed E-state index contributed by atoms with van der Waals surface area (Å²) in [7, 11) is 0. The summed E-state index contributed by atoms with van der Waals surface area (Å²) in [6, 6.07) is 13.3. The maximum absolute atomic E-state index is 11.8. The van der Waals surface area contributed by atoms with E-state index >= 15 is 0 Å². The molecule has 2 aromatic heterocycles. The zero-order chi connectivity index (χ0) is 20.6. The number of carbonyl (C=O) groups excluding carboxylic acids is 1. The van der Waals surface area contributed by atoms with Gasteiger partial charge in [0.1, 0.15) is 24.1 Å². The van der Waals surface area contributed by atoms with Crippen LogP contribution >= 0.6 is 22.7 Å². The van der Waals surface area contributed by atoms with Crippen LogP contribution < -0.4 is 34.7 Å². The van der Waals surface area contributed by atoms with Gasteiger partial charge in [0, 0.05) is 32.9 Å². The van der Waals surface area contributed by atoms with E-state index in [1.54, 1.807) is 0 Å². The molecule has 2 heterocycles. The first-order valence-corrected chi connectivity index (χ1v) is 10.7. The van der Waals surface area contributed by atoms with Gasteiger partial charge in [0.25, 0.3) is 0 Å². The van der Waals surface area contributed by atoms with Gasteiger partial charge in [0.2, 0.25) is 0 Å². The van der Waals surface area contributed by atoms with Gasteiger partial charge in [-0.25, -0.2) is 0 Å². The fourth-order valence-electron chi connectivity index (χ4n) is 3.55. The molecular formula is C21H19NaO6S2. The predicted molar refractivity (Wildman–Crippen MR) is 108 cm³/mol. The van der Waals surface area contributed by atoms with Crippen molar-refractivity contribution in [1.82, 2.24) is 0 Å². The average molecular weight is 455 g/mol. The summed E-state index contributed by atoms with van der Waals surface area (Å²) in [5, 5.41) is 46.3. The Bertz CT molecular complexity index is 1030. The number of ether oxygens (including phenoxy) is 1. The molecular weight excluding hydrogens is 435 g/mol. The minimum atomic E-state index is -2.43. The van der Waals surface area contributed by atoms with Crippen LogP contribution in [0.15, 0.2) is 59.2 Å². The molecule has 0 radical (unpaired) electrons. The molecule has 1 aromatic carbocycles. The summed E-state index contributed by atoms with van der Waals surface area (Å²) in [6.07, 6.45) is -3.42. The zero-order valence-electron chi connectivity index (χ0n) is 16.3. The Labute approximate surface area is 203 Å². The molecule has 0 amide bonds. The number of rotatable bonds is 6. The Kier molecular flexibility index (Phi) is 7.42. The van der Waals surface area contributed by atoms with Crippen LogP contribution in [0.2, 0.25) is 0 Å². The molecule has 0 fully saturated rings. The van der Waals surface area contributed by atoms with Crippen molar-refractivity contribution < 1.29 is 59.5 Å². The van der Waals surface area contributed by atoms with Gasteiger partial charge < -0.3 is 30.0 Å². The van der Waals surface area contributed by atoms with Crippen molar-refractivity contribution in [3.05, 3.63) is 68.9 Å². The smallest absolute Gasteiger partial charge is 0.547 e. The van der Waals surface area contributed by atoms with E-state index in [9.17, 15) is 25.2 Å². The van der Waals surface area contributed by atoms with Crippen molar-refractivity contribution in [1.29, 1.82) is 0 Å². The fraction of sp³-hybridized carbons (Fsp3) is 0.286. The molecule has 0 unspecified atom stereocenters. The van der Waals surface area contributed by atoms with Gasteiger partial charge >= 0.3 is 29.6 Å². The van der Waals surface area contributed by atoms with Crippen LogP contribution in [-0.2, 0) is 22.6 Å². The van der Waals surface area contributed by atoms with Gasteiger partial charge in [-0.2, -0.15) is 0 Å². The molecule has 3 aromatic rings. The number of aliphatic hydroxyl groups excluding tert-OH is 2. The summed E-state index contributed by atoms with van der Waals surface area (Å²) < 4.78 is 6.77. The number of hydrogen-bond acceptors (Lipinski definition) is 8. The van der Waals surface area contributed by atoms with Crippen molar-refractivity contribution in [3.8, 4) is 0 Å². The molecule has 4 rings (SSSR count). The Morgan fingerprint density at radius 1 is 1.20 bits per heavy atom. The molecule has 1 aliphatic carbocycles. The van der Waals surface area contributed by atoms with Crippen molar-refractivity contribution in [2.75, 3.05) is 0 Å². The van der Waals surface area contributed by atoms with Crippen LogP contribution in [0, 0.1) is 0 Å². The molecule has 152 valence electrons. The first kappa shape index (κ1) is 23.4. The summed E-state index contributed by atoms with van der Waals surface area (Å²) >= 11 is 2.91. The summed E-state index contributed by atoms with van der Waals surface area (Å²) in [6.45, 7) is 0.0931. The molecule has 0 saturated heterocycles. The van der Waals surface area contributed by atoms with E-state index in [1.807, 2.05) is 47.8 Å². The van der Waals surface area contributed by atoms with Crippen molar-refractivity contribution in [2.45, 2.75) is 37.3 Å². The van der Waals surface area contributed by atoms with Gasteiger partial charge in [-0.3, -0.25) is 0 Å². The number of aliphatic carboxylic acids is 1. The molecule has 0 saturated carbocycles. The maximum Gasteiger partial charge on any atom is 1.00 e. The Balaban J connectivity index is 0.00000256. The number of carboxylic acids is 1. The number of carboxylic acid groups (broad SMARTS) is 1. The first-order valence-electron chi connectivity index (χ1n) is 9.04. The molecule has 3 atom stereocenters. The van der Waals surface area contributed by atoms with E-state index < -0.39 is 30.2 Å². The number of fused-ring (bicyclic) bond motifs is 1. The summed E-state index contributed by atoms with van der Waals surface area (Å²) in [5.74, 6) is -1.84. The second kappa shape index (κ2) is 9.50. The van der Waals surface area contributed by atoms with Gasteiger partial charge in [-0.1, -0.05) is 24.3 Å². The minimum Gasteiger partial charge on any atom is -0.547 e. The Morgan fingerprint density at radius 3 is 2.63 bits per heavy atom. The fourth-order valence-corrected chi connectivity index (χ4v) is 5.24. The standard InChI is InChI=1S/C21H20O6S2.Na/c22-16-10-21(26,20(24)25)15(9-14-8-12-4-1-2-6-17(12)29-14)19(18(16)23)27-11-13-5-3-7-28-13;/h1-8,16,18,22-23,26H,9-11H2,(H,24,25);/q;+1/p-1/t16-,18+,21-;/m1./s1. The third-order valence-electron chi connectivity index (χ3n) is 5.05. The normalized spacial score (nSPS) is 24.0.